The Balaban J connectivity index is 1.73. The first-order valence-corrected chi connectivity index (χ1v) is 10.2. The van der Waals surface area contributed by atoms with E-state index in [1.54, 1.807) is 6.92 Å². The Morgan fingerprint density at radius 1 is 0.879 bits per heavy atom. The van der Waals surface area contributed by atoms with Crippen molar-refractivity contribution in [3.63, 3.8) is 0 Å². The van der Waals surface area contributed by atoms with E-state index in [1.807, 2.05) is 0 Å². The molecule has 0 radical (unpaired) electrons. The molecule has 4 rings (SSSR count). The van der Waals surface area contributed by atoms with Crippen LogP contribution in [0, 0.1) is 6.92 Å². The molecule has 0 aromatic heterocycles. The zero-order valence-corrected chi connectivity index (χ0v) is 18.1. The predicted octanol–water partition coefficient (Wildman–Crippen LogP) is -0.0337. The van der Waals surface area contributed by atoms with Crippen LogP contribution < -0.4 is 14.2 Å². The molecule has 1 aliphatic heterocycles. The monoisotopic (exact) mass is 460 g/mol. The van der Waals surface area contributed by atoms with Gasteiger partial charge in [-0.1, -0.05) is 0 Å². The zero-order chi connectivity index (χ0) is 24.0. The Morgan fingerprint density at radius 2 is 1.58 bits per heavy atom. The summed E-state index contributed by atoms with van der Waals surface area (Å²) < 4.78 is 21.7. The fraction of sp³-hybridized carbons (Fsp3) is 0.391. The Kier molecular flexibility index (Phi) is 6.12. The molecule has 1 heterocycles. The highest BCUT2D eigenvalue weighted by molar-refractivity contribution is 6.29. The molecule has 2 aromatic rings. The Hall–Kier alpha value is -3.02. The van der Waals surface area contributed by atoms with Crippen molar-refractivity contribution in [2.24, 2.45) is 0 Å². The van der Waals surface area contributed by atoms with E-state index in [4.69, 9.17) is 18.9 Å². The molecule has 33 heavy (non-hydrogen) atoms. The van der Waals surface area contributed by atoms with Crippen LogP contribution in [0.4, 0.5) is 0 Å². The molecule has 10 heteroatoms. The summed E-state index contributed by atoms with van der Waals surface area (Å²) in [7, 11) is 2.81. The lowest BCUT2D eigenvalue weighted by Gasteiger charge is -2.39. The van der Waals surface area contributed by atoms with Crippen LogP contribution in [-0.2, 0) is 4.74 Å². The molecular weight excluding hydrogens is 436 g/mol. The molecule has 2 aliphatic rings. The molecule has 176 valence electrons. The van der Waals surface area contributed by atoms with E-state index < -0.39 is 48.9 Å². The second kappa shape index (κ2) is 8.73. The maximum absolute atomic E-state index is 13.3. The van der Waals surface area contributed by atoms with Gasteiger partial charge in [-0.05, 0) is 36.8 Å². The zero-order valence-electron chi connectivity index (χ0n) is 18.1. The number of aliphatic hydroxyl groups is 4. The summed E-state index contributed by atoms with van der Waals surface area (Å²) in [6.45, 7) is 1.03. The lowest BCUT2D eigenvalue weighted by atomic mass is 9.82. The molecule has 10 nitrogen and oxygen atoms in total. The van der Waals surface area contributed by atoms with E-state index in [0.717, 1.165) is 0 Å². The molecule has 0 saturated carbocycles. The summed E-state index contributed by atoms with van der Waals surface area (Å²) >= 11 is 0. The normalized spacial score (nSPS) is 26.5. The Bertz CT molecular complexity index is 1110. The topological polar surface area (TPSA) is 152 Å². The first kappa shape index (κ1) is 23.1. The number of carbonyl (C=O) groups excluding carboxylic acids is 2. The quantitative estimate of drug-likeness (QED) is 0.408. The summed E-state index contributed by atoms with van der Waals surface area (Å²) in [5.74, 6) is -0.237. The van der Waals surface area contributed by atoms with Gasteiger partial charge in [0.15, 0.2) is 23.1 Å². The molecule has 0 bridgehead atoms. The molecule has 5 unspecified atom stereocenters. The molecule has 5 atom stereocenters. The molecule has 0 amide bonds. The summed E-state index contributed by atoms with van der Waals surface area (Å²) in [5.41, 5.74) is 0.948. The fourth-order valence-corrected chi connectivity index (χ4v) is 4.10. The highest BCUT2D eigenvalue weighted by atomic mass is 16.7. The number of aryl methyl sites for hydroxylation is 1. The number of aliphatic hydroxyl groups excluding tert-OH is 4. The van der Waals surface area contributed by atoms with Crippen molar-refractivity contribution in [1.29, 1.82) is 0 Å². The minimum absolute atomic E-state index is 0.0879. The van der Waals surface area contributed by atoms with Crippen LogP contribution in [0.2, 0.25) is 0 Å². The second-order valence-electron chi connectivity index (χ2n) is 7.86. The third kappa shape index (κ3) is 3.65. The first-order chi connectivity index (χ1) is 15.7. The first-order valence-electron chi connectivity index (χ1n) is 10.2. The number of carbonyl (C=O) groups is 2. The number of rotatable bonds is 5. The molecule has 0 spiro atoms. The molecular formula is C23H24O10. The van der Waals surface area contributed by atoms with Crippen LogP contribution >= 0.6 is 0 Å². The number of ether oxygens (including phenoxy) is 4. The number of hydrogen-bond acceptors (Lipinski definition) is 10. The molecule has 1 aliphatic carbocycles. The van der Waals surface area contributed by atoms with Crippen LogP contribution in [0.15, 0.2) is 24.3 Å². The molecule has 1 saturated heterocycles. The smallest absolute Gasteiger partial charge is 0.229 e. The van der Waals surface area contributed by atoms with Crippen molar-refractivity contribution in [2.45, 2.75) is 37.6 Å². The predicted molar refractivity (Wildman–Crippen MR) is 112 cm³/mol. The van der Waals surface area contributed by atoms with E-state index in [1.165, 1.54) is 38.5 Å². The van der Waals surface area contributed by atoms with Gasteiger partial charge < -0.3 is 39.4 Å². The van der Waals surface area contributed by atoms with Crippen LogP contribution in [0.1, 0.15) is 37.4 Å². The number of benzene rings is 2. The second-order valence-corrected chi connectivity index (χ2v) is 7.86. The highest BCUT2D eigenvalue weighted by Gasteiger charge is 2.45. The number of hydrogen-bond donors (Lipinski definition) is 4. The standard InChI is InChI=1S/C23H24O10/c1-9-6-11-12(7-14(9)32-23-21(29)20(28)19(27)15(8-24)33-23)17(25)10-4-5-13(30-2)22(31-3)16(10)18(11)26/h4-7,15,19-21,23-24,27-29H,8H2,1-3H3. The van der Waals surface area contributed by atoms with Crippen molar-refractivity contribution >= 4 is 11.6 Å². The average molecular weight is 460 g/mol. The van der Waals surface area contributed by atoms with Gasteiger partial charge in [-0.25, -0.2) is 0 Å². The van der Waals surface area contributed by atoms with Gasteiger partial charge in [0.25, 0.3) is 0 Å². The van der Waals surface area contributed by atoms with Gasteiger partial charge in [-0.2, -0.15) is 0 Å². The van der Waals surface area contributed by atoms with Crippen molar-refractivity contribution < 1.29 is 49.0 Å². The third-order valence-electron chi connectivity index (χ3n) is 5.91. The highest BCUT2D eigenvalue weighted by Crippen LogP contribution is 2.41. The maximum atomic E-state index is 13.3. The summed E-state index contributed by atoms with van der Waals surface area (Å²) in [4.78, 5) is 26.5. The molecule has 1 fully saturated rings. The fourth-order valence-electron chi connectivity index (χ4n) is 4.10. The largest absolute Gasteiger partial charge is 0.493 e. The van der Waals surface area contributed by atoms with Gasteiger partial charge >= 0.3 is 0 Å². The average Bonchev–Trinajstić information content (AvgIpc) is 2.82. The lowest BCUT2D eigenvalue weighted by molar-refractivity contribution is -0.277. The van der Waals surface area contributed by atoms with Crippen LogP contribution in [-0.4, -0.2) is 83.5 Å². The van der Waals surface area contributed by atoms with Crippen molar-refractivity contribution in [1.82, 2.24) is 0 Å². The van der Waals surface area contributed by atoms with Crippen LogP contribution in [0.25, 0.3) is 0 Å². The van der Waals surface area contributed by atoms with Crippen molar-refractivity contribution in [3.8, 4) is 17.2 Å². The van der Waals surface area contributed by atoms with E-state index in [-0.39, 0.29) is 33.8 Å². The van der Waals surface area contributed by atoms with Gasteiger partial charge in [-0.3, -0.25) is 9.59 Å². The van der Waals surface area contributed by atoms with Crippen LogP contribution in [0.5, 0.6) is 17.2 Å². The van der Waals surface area contributed by atoms with Gasteiger partial charge in [0.05, 0.1) is 26.4 Å². The Labute approximate surface area is 188 Å². The minimum atomic E-state index is -1.62. The minimum Gasteiger partial charge on any atom is -0.493 e. The number of methoxy groups -OCH3 is 2. The molecule has 2 aromatic carbocycles. The van der Waals surface area contributed by atoms with E-state index >= 15 is 0 Å². The van der Waals surface area contributed by atoms with Gasteiger partial charge in [0.1, 0.15) is 30.2 Å². The lowest BCUT2D eigenvalue weighted by Crippen LogP contribution is -2.60. The van der Waals surface area contributed by atoms with E-state index in [0.29, 0.717) is 11.3 Å². The van der Waals surface area contributed by atoms with Gasteiger partial charge in [-0.15, -0.1) is 0 Å². The summed E-state index contributed by atoms with van der Waals surface area (Å²) in [5, 5.41) is 39.6. The van der Waals surface area contributed by atoms with Gasteiger partial charge in [0.2, 0.25) is 6.29 Å². The Morgan fingerprint density at radius 3 is 2.21 bits per heavy atom. The SMILES string of the molecule is COc1ccc2c(c1OC)C(=O)c1cc(C)c(OC3OC(CO)C(O)C(O)C3O)cc1C2=O. The number of ketones is 2. The summed E-state index contributed by atoms with van der Waals surface area (Å²) in [6.07, 6.45) is -7.34. The van der Waals surface area contributed by atoms with Crippen LogP contribution in [0.3, 0.4) is 0 Å². The number of fused-ring (bicyclic) bond motifs is 2. The van der Waals surface area contributed by atoms with E-state index in [9.17, 15) is 30.0 Å². The van der Waals surface area contributed by atoms with Crippen molar-refractivity contribution in [2.75, 3.05) is 20.8 Å². The molecule has 4 N–H and O–H groups in total. The summed E-state index contributed by atoms with van der Waals surface area (Å²) in [6, 6.07) is 5.87. The maximum Gasteiger partial charge on any atom is 0.229 e. The van der Waals surface area contributed by atoms with Crippen molar-refractivity contribution in [3.05, 3.63) is 52.1 Å². The van der Waals surface area contributed by atoms with E-state index in [2.05, 4.69) is 0 Å². The van der Waals surface area contributed by atoms with Gasteiger partial charge in [0, 0.05) is 16.7 Å². The third-order valence-corrected chi connectivity index (χ3v) is 5.91.